The number of amides is 3. The number of nitrogens with one attached hydrogen (secondary N) is 1. The molecule has 3 fully saturated rings. The number of carbonyl (C=O) groups excluding carboxylic acids is 3. The Morgan fingerprint density at radius 3 is 2.68 bits per heavy atom. The van der Waals surface area contributed by atoms with Crippen LogP contribution < -0.4 is 11.1 Å². The van der Waals surface area contributed by atoms with Crippen LogP contribution in [-0.2, 0) is 16.1 Å². The van der Waals surface area contributed by atoms with Crippen LogP contribution >= 0.6 is 34.8 Å². The summed E-state index contributed by atoms with van der Waals surface area (Å²) < 4.78 is 0.682. The average molecular weight is 485 g/mol. The Morgan fingerprint density at radius 1 is 1.26 bits per heavy atom. The van der Waals surface area contributed by atoms with Crippen molar-refractivity contribution in [1.29, 1.82) is 0 Å². The Hall–Kier alpha value is -2.03. The summed E-state index contributed by atoms with van der Waals surface area (Å²) in [4.78, 5) is 39.4. The van der Waals surface area contributed by atoms with Crippen molar-refractivity contribution >= 4 is 63.4 Å². The van der Waals surface area contributed by atoms with E-state index in [4.69, 9.17) is 40.5 Å². The van der Waals surface area contributed by atoms with E-state index in [0.717, 1.165) is 6.42 Å². The van der Waals surface area contributed by atoms with Crippen LogP contribution in [0.15, 0.2) is 18.2 Å². The van der Waals surface area contributed by atoms with Crippen molar-refractivity contribution in [2.24, 2.45) is 17.6 Å². The maximum absolute atomic E-state index is 13.2. The molecule has 31 heavy (non-hydrogen) atoms. The van der Waals surface area contributed by atoms with E-state index in [-0.39, 0.29) is 36.0 Å². The van der Waals surface area contributed by atoms with Crippen LogP contribution in [0.2, 0.25) is 5.02 Å². The van der Waals surface area contributed by atoms with Crippen LogP contribution in [-0.4, -0.2) is 55.4 Å². The number of likely N-dealkylation sites (tertiary alicyclic amines) is 1. The van der Waals surface area contributed by atoms with Gasteiger partial charge in [-0.05, 0) is 43.4 Å². The topological polar surface area (TPSA) is 110 Å². The summed E-state index contributed by atoms with van der Waals surface area (Å²) in [7, 11) is 0. The second-order valence-corrected chi connectivity index (χ2v) is 10.5. The van der Waals surface area contributed by atoms with Crippen molar-refractivity contribution in [2.45, 2.75) is 42.2 Å². The zero-order valence-corrected chi connectivity index (χ0v) is 18.6. The van der Waals surface area contributed by atoms with E-state index in [9.17, 15) is 14.4 Å². The van der Waals surface area contributed by atoms with Crippen molar-refractivity contribution < 1.29 is 14.4 Å². The summed E-state index contributed by atoms with van der Waals surface area (Å²) in [5.41, 5.74) is 6.08. The number of rotatable bonds is 6. The van der Waals surface area contributed by atoms with Crippen molar-refractivity contribution in [3.8, 4) is 0 Å². The largest absolute Gasteiger partial charge is 0.364 e. The molecule has 11 heteroatoms. The highest BCUT2D eigenvalue weighted by molar-refractivity contribution is 6.50. The summed E-state index contributed by atoms with van der Waals surface area (Å²) in [6, 6.07) is 4.49. The molecule has 2 heterocycles. The second-order valence-electron chi connectivity index (χ2n) is 8.55. The number of halogens is 3. The molecule has 8 nitrogen and oxygen atoms in total. The first-order valence-electron chi connectivity index (χ1n) is 10.1. The van der Waals surface area contributed by atoms with Crippen LogP contribution in [0.4, 0.5) is 0 Å². The Morgan fingerprint density at radius 2 is 2.00 bits per heavy atom. The predicted octanol–water partition coefficient (Wildman–Crippen LogP) is 2.09. The summed E-state index contributed by atoms with van der Waals surface area (Å²) in [5.74, 6) is -0.735. The van der Waals surface area contributed by atoms with E-state index in [2.05, 4.69) is 10.4 Å². The van der Waals surface area contributed by atoms with Gasteiger partial charge < -0.3 is 16.0 Å². The number of alkyl halides is 2. The van der Waals surface area contributed by atoms with Crippen molar-refractivity contribution in [3.63, 3.8) is 0 Å². The second kappa shape index (κ2) is 7.25. The van der Waals surface area contributed by atoms with Gasteiger partial charge in [-0.15, -0.1) is 23.2 Å². The number of hydrogen-bond acceptors (Lipinski definition) is 4. The van der Waals surface area contributed by atoms with Crippen LogP contribution in [0.5, 0.6) is 0 Å². The van der Waals surface area contributed by atoms with Crippen LogP contribution in [0, 0.1) is 11.8 Å². The fourth-order valence-corrected chi connectivity index (χ4v) is 5.24. The van der Waals surface area contributed by atoms with Gasteiger partial charge in [-0.3, -0.25) is 19.1 Å². The van der Waals surface area contributed by atoms with E-state index in [0.29, 0.717) is 41.2 Å². The SMILES string of the molecule is NC(=O)c1nn(CC(=O)N2[C@@H]3C[C@@H]3C[C@H]2C(=O)NC[C@H]2CC2(Cl)Cl)c2ccc(Cl)cc12. The summed E-state index contributed by atoms with van der Waals surface area (Å²) in [5, 5.41) is 8.05. The molecule has 4 atom stereocenters. The van der Waals surface area contributed by atoms with Crippen LogP contribution in [0.25, 0.3) is 10.9 Å². The number of nitrogens with two attached hydrogens (primary N) is 1. The zero-order valence-electron chi connectivity index (χ0n) is 16.4. The number of aromatic nitrogens is 2. The minimum atomic E-state index is -0.761. The minimum Gasteiger partial charge on any atom is -0.364 e. The van der Waals surface area contributed by atoms with Gasteiger partial charge in [-0.25, -0.2) is 0 Å². The zero-order chi connectivity index (χ0) is 22.1. The summed E-state index contributed by atoms with van der Waals surface area (Å²) >= 11 is 18.1. The van der Waals surface area contributed by atoms with Crippen molar-refractivity contribution in [2.75, 3.05) is 6.54 Å². The molecule has 2 aromatic rings. The molecule has 3 amide bonds. The molecule has 0 radical (unpaired) electrons. The van der Waals surface area contributed by atoms with E-state index < -0.39 is 16.3 Å². The summed E-state index contributed by atoms with van der Waals surface area (Å²) in [6.07, 6.45) is 2.18. The number of benzene rings is 1. The first-order chi connectivity index (χ1) is 14.7. The molecule has 2 aliphatic carbocycles. The predicted molar refractivity (Wildman–Crippen MR) is 116 cm³/mol. The molecule has 1 aromatic carbocycles. The lowest BCUT2D eigenvalue weighted by Crippen LogP contribution is -2.49. The highest BCUT2D eigenvalue weighted by Gasteiger charge is 2.56. The maximum Gasteiger partial charge on any atom is 0.269 e. The fourth-order valence-electron chi connectivity index (χ4n) is 4.55. The van der Waals surface area contributed by atoms with Gasteiger partial charge in [0.2, 0.25) is 11.8 Å². The smallest absolute Gasteiger partial charge is 0.269 e. The normalized spacial score (nSPS) is 27.8. The standard InChI is InChI=1S/C20H20Cl3N5O3/c21-11-1-2-13-12(5-11)17(18(24)30)26-27(13)8-16(29)28-14-3-9(14)4-15(28)19(31)25-7-10-6-20(10,22)23/h1-2,5,9-10,14-15H,3-4,6-8H2,(H2,24,30)(H,25,31)/t9-,10-,14-,15+/m1/s1. The lowest BCUT2D eigenvalue weighted by atomic mass is 10.1. The lowest BCUT2D eigenvalue weighted by Gasteiger charge is -2.27. The van der Waals surface area contributed by atoms with Gasteiger partial charge in [0.1, 0.15) is 16.9 Å². The highest BCUT2D eigenvalue weighted by atomic mass is 35.5. The third-order valence-electron chi connectivity index (χ3n) is 6.40. The molecule has 5 rings (SSSR count). The number of fused-ring (bicyclic) bond motifs is 2. The van der Waals surface area contributed by atoms with Crippen molar-refractivity contribution in [3.05, 3.63) is 28.9 Å². The third-order valence-corrected chi connectivity index (χ3v) is 7.57. The molecule has 0 bridgehead atoms. The van der Waals surface area contributed by atoms with Gasteiger partial charge >= 0.3 is 0 Å². The quantitative estimate of drug-likeness (QED) is 0.612. The van der Waals surface area contributed by atoms with Gasteiger partial charge in [0.25, 0.3) is 5.91 Å². The average Bonchev–Trinajstić information content (AvgIpc) is 3.49. The monoisotopic (exact) mass is 483 g/mol. The van der Waals surface area contributed by atoms with Crippen LogP contribution in [0.3, 0.4) is 0 Å². The molecule has 0 spiro atoms. The van der Waals surface area contributed by atoms with E-state index in [1.807, 2.05) is 0 Å². The summed E-state index contributed by atoms with van der Waals surface area (Å²) in [6.45, 7) is 0.291. The molecule has 3 aliphatic rings. The molecule has 1 aliphatic heterocycles. The maximum atomic E-state index is 13.2. The van der Waals surface area contributed by atoms with Crippen LogP contribution in [0.1, 0.15) is 29.8 Å². The Kier molecular flexibility index (Phi) is 4.88. The molecule has 2 saturated carbocycles. The molecule has 0 unspecified atom stereocenters. The number of piperidine rings is 1. The number of hydrogen-bond donors (Lipinski definition) is 2. The third kappa shape index (κ3) is 3.75. The molecular weight excluding hydrogens is 465 g/mol. The molecule has 3 N–H and O–H groups in total. The molecular formula is C20H20Cl3N5O3. The van der Waals surface area contributed by atoms with Gasteiger partial charge in [0.05, 0.1) is 5.52 Å². The number of nitrogens with zero attached hydrogens (tertiary/aromatic N) is 3. The van der Waals surface area contributed by atoms with E-state index in [1.54, 1.807) is 23.1 Å². The Bertz CT molecular complexity index is 1120. The first-order valence-corrected chi connectivity index (χ1v) is 11.2. The van der Waals surface area contributed by atoms with E-state index >= 15 is 0 Å². The molecule has 1 saturated heterocycles. The number of carbonyl (C=O) groups is 3. The van der Waals surface area contributed by atoms with Gasteiger partial charge in [0, 0.05) is 28.9 Å². The lowest BCUT2D eigenvalue weighted by molar-refractivity contribution is -0.140. The minimum absolute atomic E-state index is 0.0364. The Labute approximate surface area is 192 Å². The Balaban J connectivity index is 1.33. The van der Waals surface area contributed by atoms with Gasteiger partial charge in [-0.1, -0.05) is 11.6 Å². The highest BCUT2D eigenvalue weighted by Crippen LogP contribution is 2.53. The molecule has 164 valence electrons. The van der Waals surface area contributed by atoms with E-state index in [1.165, 1.54) is 4.68 Å². The fraction of sp³-hybridized carbons (Fsp3) is 0.500. The first kappa shape index (κ1) is 20.8. The van der Waals surface area contributed by atoms with Gasteiger partial charge in [0.15, 0.2) is 5.69 Å². The number of primary amides is 1. The van der Waals surface area contributed by atoms with Gasteiger partial charge in [-0.2, -0.15) is 5.10 Å². The van der Waals surface area contributed by atoms with Crippen molar-refractivity contribution in [1.82, 2.24) is 20.0 Å². The molecule has 1 aromatic heterocycles.